The van der Waals surface area contributed by atoms with Crippen LogP contribution in [0.15, 0.2) is 40.9 Å². The van der Waals surface area contributed by atoms with Crippen molar-refractivity contribution in [3.05, 3.63) is 62.8 Å². The molecule has 6 heteroatoms. The summed E-state index contributed by atoms with van der Waals surface area (Å²) in [5.41, 5.74) is 6.58. The van der Waals surface area contributed by atoms with Crippen LogP contribution in [0.1, 0.15) is 11.1 Å². The molecule has 2 nitrogen and oxygen atoms in total. The lowest BCUT2D eigenvalue weighted by molar-refractivity contribution is 0.298. The van der Waals surface area contributed by atoms with Gasteiger partial charge in [-0.15, -0.1) is 0 Å². The summed E-state index contributed by atoms with van der Waals surface area (Å²) in [6, 6.07) is 9.72. The molecule has 0 fully saturated rings. The van der Waals surface area contributed by atoms with Crippen molar-refractivity contribution in [1.82, 2.24) is 0 Å². The fourth-order valence-electron chi connectivity index (χ4n) is 1.59. The summed E-state index contributed by atoms with van der Waals surface area (Å²) in [4.78, 5) is 0.300. The van der Waals surface area contributed by atoms with Crippen LogP contribution in [0.5, 0.6) is 5.75 Å². The lowest BCUT2D eigenvalue weighted by atomic mass is 10.2. The van der Waals surface area contributed by atoms with Crippen molar-refractivity contribution in [3.63, 3.8) is 0 Å². The van der Waals surface area contributed by atoms with Crippen LogP contribution in [0.4, 0.5) is 4.39 Å². The Kier molecular flexibility index (Phi) is 4.96. The van der Waals surface area contributed by atoms with Crippen molar-refractivity contribution in [2.24, 2.45) is 5.73 Å². The third-order valence-corrected chi connectivity index (χ3v) is 3.86. The van der Waals surface area contributed by atoms with Gasteiger partial charge in [0.05, 0.1) is 9.50 Å². The fourth-order valence-corrected chi connectivity index (χ4v) is 2.43. The van der Waals surface area contributed by atoms with Crippen LogP contribution in [0, 0.1) is 5.82 Å². The topological polar surface area (TPSA) is 35.2 Å². The number of benzene rings is 2. The zero-order valence-corrected chi connectivity index (χ0v) is 13.4. The first-order valence-corrected chi connectivity index (χ1v) is 7.22. The second kappa shape index (κ2) is 6.52. The van der Waals surface area contributed by atoms with Crippen molar-refractivity contribution >= 4 is 44.7 Å². The predicted molar refractivity (Wildman–Crippen MR) is 85.8 cm³/mol. The van der Waals surface area contributed by atoms with Crippen molar-refractivity contribution in [1.29, 1.82) is 0 Å². The molecular weight excluding hydrogens is 365 g/mol. The average molecular weight is 375 g/mol. The number of rotatable bonds is 4. The molecule has 0 bridgehead atoms. The van der Waals surface area contributed by atoms with Crippen molar-refractivity contribution in [2.45, 2.75) is 6.61 Å². The lowest BCUT2D eigenvalue weighted by Gasteiger charge is -2.11. The predicted octanol–water partition coefficient (Wildman–Crippen LogP) is 4.45. The normalized spacial score (nSPS) is 10.3. The molecule has 0 unspecified atom stereocenters. The summed E-state index contributed by atoms with van der Waals surface area (Å²) in [7, 11) is 0. The van der Waals surface area contributed by atoms with Gasteiger partial charge in [-0.1, -0.05) is 29.9 Å². The highest BCUT2D eigenvalue weighted by molar-refractivity contribution is 9.10. The van der Waals surface area contributed by atoms with Crippen molar-refractivity contribution in [2.75, 3.05) is 0 Å². The summed E-state index contributed by atoms with van der Waals surface area (Å²) in [5, 5.41) is 0.334. The molecule has 0 atom stereocenters. The number of ether oxygens (including phenoxy) is 1. The van der Waals surface area contributed by atoms with Crippen LogP contribution in [-0.4, -0.2) is 4.99 Å². The van der Waals surface area contributed by atoms with Gasteiger partial charge in [0.1, 0.15) is 23.2 Å². The van der Waals surface area contributed by atoms with E-state index in [1.165, 1.54) is 6.07 Å². The number of nitrogens with two attached hydrogens (primary N) is 1. The molecule has 0 saturated carbocycles. The van der Waals surface area contributed by atoms with Crippen LogP contribution in [0.3, 0.4) is 0 Å². The highest BCUT2D eigenvalue weighted by Crippen LogP contribution is 2.28. The Labute approximate surface area is 134 Å². The van der Waals surface area contributed by atoms with E-state index in [0.717, 1.165) is 5.56 Å². The third kappa shape index (κ3) is 3.48. The molecule has 2 N–H and O–H groups in total. The molecule has 0 aromatic heterocycles. The summed E-state index contributed by atoms with van der Waals surface area (Å²) >= 11 is 14.2. The lowest BCUT2D eigenvalue weighted by Crippen LogP contribution is -2.09. The molecule has 0 aliphatic rings. The van der Waals surface area contributed by atoms with Gasteiger partial charge in [-0.2, -0.15) is 0 Å². The number of hydrogen-bond acceptors (Lipinski definition) is 2. The molecule has 2 aromatic rings. The fraction of sp³-hybridized carbons (Fsp3) is 0.0714. The van der Waals surface area contributed by atoms with Gasteiger partial charge in [-0.05, 0) is 46.3 Å². The Morgan fingerprint density at radius 1 is 1.35 bits per heavy atom. The Morgan fingerprint density at radius 3 is 2.70 bits per heavy atom. The van der Waals surface area contributed by atoms with E-state index in [4.69, 9.17) is 34.3 Å². The van der Waals surface area contributed by atoms with Crippen molar-refractivity contribution < 1.29 is 9.13 Å². The van der Waals surface area contributed by atoms with Crippen molar-refractivity contribution in [3.8, 4) is 5.75 Å². The molecule has 0 spiro atoms. The average Bonchev–Trinajstić information content (AvgIpc) is 2.39. The molecule has 0 aliphatic carbocycles. The molecule has 104 valence electrons. The van der Waals surface area contributed by atoms with Gasteiger partial charge >= 0.3 is 0 Å². The van der Waals surface area contributed by atoms with E-state index in [0.29, 0.717) is 25.8 Å². The molecule has 0 radical (unpaired) electrons. The maximum absolute atomic E-state index is 13.6. The van der Waals surface area contributed by atoms with Gasteiger partial charge in [0, 0.05) is 11.1 Å². The summed E-state index contributed by atoms with van der Waals surface area (Å²) in [6.07, 6.45) is 0. The second-order valence-corrected chi connectivity index (χ2v) is 5.70. The van der Waals surface area contributed by atoms with Gasteiger partial charge in [-0.25, -0.2) is 4.39 Å². The molecule has 0 aliphatic heterocycles. The standard InChI is InChI=1S/C14H10BrClFNOS/c15-10-6-8(14(18)20)4-5-13(10)19-7-9-11(16)2-1-3-12(9)17/h1-6H,7H2,(H2,18,20). The Balaban J connectivity index is 2.17. The number of thiocarbonyl (C=S) groups is 1. The van der Waals surface area contributed by atoms with Crippen LogP contribution in [0.25, 0.3) is 0 Å². The summed E-state index contributed by atoms with van der Waals surface area (Å²) < 4.78 is 19.9. The van der Waals surface area contributed by atoms with Crippen LogP contribution in [0.2, 0.25) is 5.02 Å². The summed E-state index contributed by atoms with van der Waals surface area (Å²) in [5.74, 6) is 0.165. The minimum atomic E-state index is -0.395. The monoisotopic (exact) mass is 373 g/mol. The first kappa shape index (κ1) is 15.2. The van der Waals surface area contributed by atoms with Gasteiger partial charge in [0.2, 0.25) is 0 Å². The van der Waals surface area contributed by atoms with E-state index in [1.54, 1.807) is 30.3 Å². The molecule has 0 heterocycles. The zero-order valence-electron chi connectivity index (χ0n) is 10.2. The van der Waals surface area contributed by atoms with Crippen LogP contribution < -0.4 is 10.5 Å². The molecule has 0 saturated heterocycles. The minimum Gasteiger partial charge on any atom is -0.488 e. The van der Waals surface area contributed by atoms with E-state index in [-0.39, 0.29) is 6.61 Å². The first-order valence-electron chi connectivity index (χ1n) is 5.64. The second-order valence-electron chi connectivity index (χ2n) is 4.00. The number of hydrogen-bond donors (Lipinski definition) is 1. The van der Waals surface area contributed by atoms with Crippen LogP contribution >= 0.6 is 39.7 Å². The molecule has 2 rings (SSSR count). The maximum atomic E-state index is 13.6. The third-order valence-electron chi connectivity index (χ3n) is 2.65. The van der Waals surface area contributed by atoms with Crippen LogP contribution in [-0.2, 0) is 6.61 Å². The SMILES string of the molecule is NC(=S)c1ccc(OCc2c(F)cccc2Cl)c(Br)c1. The molecule has 0 amide bonds. The van der Waals surface area contributed by atoms with E-state index >= 15 is 0 Å². The maximum Gasteiger partial charge on any atom is 0.134 e. The van der Waals surface area contributed by atoms with Gasteiger partial charge < -0.3 is 10.5 Å². The van der Waals surface area contributed by atoms with E-state index in [1.807, 2.05) is 0 Å². The highest BCUT2D eigenvalue weighted by Gasteiger charge is 2.09. The highest BCUT2D eigenvalue weighted by atomic mass is 79.9. The molecule has 2 aromatic carbocycles. The first-order chi connectivity index (χ1) is 9.49. The van der Waals surface area contributed by atoms with Gasteiger partial charge in [0.15, 0.2) is 0 Å². The van der Waals surface area contributed by atoms with E-state index < -0.39 is 5.82 Å². The molecule has 20 heavy (non-hydrogen) atoms. The molecular formula is C14H10BrClFNOS. The van der Waals surface area contributed by atoms with Gasteiger partial charge in [0.25, 0.3) is 0 Å². The van der Waals surface area contributed by atoms with E-state index in [2.05, 4.69) is 15.9 Å². The summed E-state index contributed by atoms with van der Waals surface area (Å²) in [6.45, 7) is 0.0382. The smallest absolute Gasteiger partial charge is 0.134 e. The zero-order chi connectivity index (χ0) is 14.7. The largest absolute Gasteiger partial charge is 0.488 e. The minimum absolute atomic E-state index is 0.0382. The van der Waals surface area contributed by atoms with E-state index in [9.17, 15) is 4.39 Å². The quantitative estimate of drug-likeness (QED) is 0.803. The number of halogens is 3. The Bertz CT molecular complexity index is 645. The van der Waals surface area contributed by atoms with Gasteiger partial charge in [-0.3, -0.25) is 0 Å². The Morgan fingerprint density at radius 2 is 2.10 bits per heavy atom. The Hall–Kier alpha value is -1.17.